The van der Waals surface area contributed by atoms with Gasteiger partial charge in [-0.25, -0.2) is 19.3 Å². The molecule has 35 heavy (non-hydrogen) atoms. The van der Waals surface area contributed by atoms with Crippen LogP contribution in [0.25, 0.3) is 11.2 Å². The van der Waals surface area contributed by atoms with E-state index in [2.05, 4.69) is 30.9 Å². The van der Waals surface area contributed by atoms with Crippen LogP contribution in [0.4, 0.5) is 21.7 Å². The lowest BCUT2D eigenvalue weighted by Crippen LogP contribution is -2.28. The topological polar surface area (TPSA) is 102 Å². The fourth-order valence-corrected chi connectivity index (χ4v) is 3.48. The molecule has 0 aliphatic rings. The van der Waals surface area contributed by atoms with E-state index in [0.29, 0.717) is 56.4 Å². The van der Waals surface area contributed by atoms with Crippen LogP contribution in [0.15, 0.2) is 54.7 Å². The smallest absolute Gasteiger partial charge is 0.203 e. The first-order valence-corrected chi connectivity index (χ1v) is 10.9. The second-order valence-electron chi connectivity index (χ2n) is 7.23. The summed E-state index contributed by atoms with van der Waals surface area (Å²) in [7, 11) is 4.64. The van der Waals surface area contributed by atoms with Gasteiger partial charge in [0, 0.05) is 29.9 Å². The Balaban J connectivity index is 1.49. The number of nitrogens with zero attached hydrogens (tertiary/aromatic N) is 3. The summed E-state index contributed by atoms with van der Waals surface area (Å²) < 4.78 is 29.9. The molecule has 0 aliphatic carbocycles. The van der Waals surface area contributed by atoms with Gasteiger partial charge in [0.15, 0.2) is 28.1 Å². The molecule has 4 aromatic rings. The lowest BCUT2D eigenvalue weighted by Gasteiger charge is -2.15. The first kappa shape index (κ1) is 23.9. The van der Waals surface area contributed by atoms with Gasteiger partial charge in [-0.05, 0) is 30.4 Å². The van der Waals surface area contributed by atoms with Crippen molar-refractivity contribution in [2.45, 2.75) is 6.54 Å². The van der Waals surface area contributed by atoms with Crippen molar-refractivity contribution in [3.05, 3.63) is 66.1 Å². The van der Waals surface area contributed by atoms with Gasteiger partial charge >= 0.3 is 0 Å². The van der Waals surface area contributed by atoms with Crippen LogP contribution in [-0.4, -0.2) is 41.4 Å². The summed E-state index contributed by atoms with van der Waals surface area (Å²) in [5.41, 5.74) is 2.19. The van der Waals surface area contributed by atoms with Gasteiger partial charge in [0.25, 0.3) is 0 Å². The van der Waals surface area contributed by atoms with Crippen LogP contribution in [0, 0.1) is 5.82 Å². The van der Waals surface area contributed by atoms with Gasteiger partial charge in [-0.2, -0.15) is 0 Å². The largest absolute Gasteiger partial charge is 0.493 e. The maximum atomic E-state index is 13.8. The highest BCUT2D eigenvalue weighted by atomic mass is 32.1. The molecule has 0 saturated heterocycles. The normalized spacial score (nSPS) is 10.5. The lowest BCUT2D eigenvalue weighted by atomic mass is 10.2. The molecule has 0 radical (unpaired) electrons. The first-order chi connectivity index (χ1) is 17.0. The molecule has 9 nitrogen and oxygen atoms in total. The molecule has 0 saturated carbocycles. The summed E-state index contributed by atoms with van der Waals surface area (Å²) in [6.45, 7) is 0.245. The second kappa shape index (κ2) is 10.8. The number of methoxy groups -OCH3 is 3. The van der Waals surface area contributed by atoms with E-state index in [1.807, 2.05) is 0 Å². The Morgan fingerprint density at radius 1 is 0.943 bits per heavy atom. The summed E-state index contributed by atoms with van der Waals surface area (Å²) in [4.78, 5) is 13.4. The van der Waals surface area contributed by atoms with E-state index < -0.39 is 0 Å². The van der Waals surface area contributed by atoms with Crippen molar-refractivity contribution < 1.29 is 18.6 Å². The van der Waals surface area contributed by atoms with Crippen LogP contribution in [-0.2, 0) is 6.54 Å². The number of fused-ring (bicyclic) bond motifs is 1. The summed E-state index contributed by atoms with van der Waals surface area (Å²) in [6, 6.07) is 13.5. The van der Waals surface area contributed by atoms with Crippen molar-refractivity contribution in [1.29, 1.82) is 0 Å². The molecule has 0 unspecified atom stereocenters. The van der Waals surface area contributed by atoms with Gasteiger partial charge in [0.2, 0.25) is 5.75 Å². The number of thiocarbonyl (C=S) groups is 1. The zero-order chi connectivity index (χ0) is 24.8. The van der Waals surface area contributed by atoms with E-state index in [9.17, 15) is 4.39 Å². The molecule has 2 heterocycles. The highest BCUT2D eigenvalue weighted by molar-refractivity contribution is 7.80. The number of hydrogen-bond acceptors (Lipinski definition) is 8. The molecule has 0 aliphatic heterocycles. The van der Waals surface area contributed by atoms with Gasteiger partial charge in [0.1, 0.15) is 17.2 Å². The van der Waals surface area contributed by atoms with Crippen molar-refractivity contribution >= 4 is 45.8 Å². The number of anilines is 3. The third-order valence-electron chi connectivity index (χ3n) is 4.98. The Morgan fingerprint density at radius 3 is 2.34 bits per heavy atom. The number of ether oxygens (including phenoxy) is 3. The first-order valence-electron chi connectivity index (χ1n) is 10.5. The fraction of sp³-hybridized carbons (Fsp3) is 0.167. The maximum absolute atomic E-state index is 13.8. The van der Waals surface area contributed by atoms with Crippen LogP contribution in [0.5, 0.6) is 17.2 Å². The molecule has 0 fully saturated rings. The molecule has 11 heteroatoms. The number of aromatic nitrogens is 3. The number of benzene rings is 2. The average molecular weight is 495 g/mol. The van der Waals surface area contributed by atoms with E-state index >= 15 is 0 Å². The third-order valence-corrected chi connectivity index (χ3v) is 5.23. The Bertz CT molecular complexity index is 1350. The monoisotopic (exact) mass is 494 g/mol. The van der Waals surface area contributed by atoms with Gasteiger partial charge in [0.05, 0.1) is 27.5 Å². The van der Waals surface area contributed by atoms with E-state index in [-0.39, 0.29) is 12.4 Å². The summed E-state index contributed by atoms with van der Waals surface area (Å²) >= 11 is 5.31. The number of nitrogens with one attached hydrogen (secondary N) is 3. The SMILES string of the molecule is COc1cc(Nc2cnc3ccc(NC(=S)NCc4ccccc4F)nc3n2)cc(OC)c1OC. The summed E-state index contributed by atoms with van der Waals surface area (Å²) in [5.74, 6) is 2.14. The Hall–Kier alpha value is -4.25. The molecule has 2 aromatic carbocycles. The highest BCUT2D eigenvalue weighted by Gasteiger charge is 2.14. The van der Waals surface area contributed by atoms with Crippen molar-refractivity contribution in [1.82, 2.24) is 20.3 Å². The van der Waals surface area contributed by atoms with Crippen LogP contribution >= 0.6 is 12.2 Å². The predicted molar refractivity (Wildman–Crippen MR) is 136 cm³/mol. The molecular formula is C24H23FN6O3S. The van der Waals surface area contributed by atoms with Crippen molar-refractivity contribution in [3.8, 4) is 17.2 Å². The number of pyridine rings is 1. The van der Waals surface area contributed by atoms with Crippen molar-refractivity contribution in [2.75, 3.05) is 32.0 Å². The molecule has 0 amide bonds. The van der Waals surface area contributed by atoms with E-state index in [1.165, 1.54) is 6.07 Å². The molecule has 3 N–H and O–H groups in total. The number of halogens is 1. The van der Waals surface area contributed by atoms with E-state index in [1.54, 1.807) is 70.0 Å². The third kappa shape index (κ3) is 5.64. The van der Waals surface area contributed by atoms with Gasteiger partial charge in [-0.3, -0.25) is 0 Å². The van der Waals surface area contributed by atoms with Crippen LogP contribution in [0.3, 0.4) is 0 Å². The zero-order valence-electron chi connectivity index (χ0n) is 19.3. The highest BCUT2D eigenvalue weighted by Crippen LogP contribution is 2.40. The number of hydrogen-bond donors (Lipinski definition) is 3. The minimum absolute atomic E-state index is 0.245. The Kier molecular flexibility index (Phi) is 7.36. The quantitative estimate of drug-likeness (QED) is 0.305. The summed E-state index contributed by atoms with van der Waals surface area (Å²) in [6.07, 6.45) is 1.60. The minimum atomic E-state index is -0.297. The van der Waals surface area contributed by atoms with E-state index in [0.717, 1.165) is 0 Å². The lowest BCUT2D eigenvalue weighted by molar-refractivity contribution is 0.324. The molecule has 4 rings (SSSR count). The molecule has 2 aromatic heterocycles. The average Bonchev–Trinajstić information content (AvgIpc) is 2.87. The van der Waals surface area contributed by atoms with Gasteiger partial charge in [-0.1, -0.05) is 18.2 Å². The van der Waals surface area contributed by atoms with Crippen LogP contribution in [0.2, 0.25) is 0 Å². The molecule has 0 bridgehead atoms. The van der Waals surface area contributed by atoms with E-state index in [4.69, 9.17) is 26.4 Å². The molecule has 0 spiro atoms. The van der Waals surface area contributed by atoms with Crippen molar-refractivity contribution in [2.24, 2.45) is 0 Å². The molecular weight excluding hydrogens is 471 g/mol. The predicted octanol–water partition coefficient (Wildman–Crippen LogP) is 4.42. The van der Waals surface area contributed by atoms with Crippen LogP contribution < -0.4 is 30.2 Å². The molecule has 180 valence electrons. The van der Waals surface area contributed by atoms with Crippen LogP contribution in [0.1, 0.15) is 5.56 Å². The number of rotatable bonds is 8. The maximum Gasteiger partial charge on any atom is 0.203 e. The van der Waals surface area contributed by atoms with Gasteiger partial charge < -0.3 is 30.2 Å². The molecule has 0 atom stereocenters. The Labute approximate surface area is 206 Å². The minimum Gasteiger partial charge on any atom is -0.493 e. The second-order valence-corrected chi connectivity index (χ2v) is 7.64. The summed E-state index contributed by atoms with van der Waals surface area (Å²) in [5, 5.41) is 9.44. The fourth-order valence-electron chi connectivity index (χ4n) is 3.31. The van der Waals surface area contributed by atoms with Crippen molar-refractivity contribution in [3.63, 3.8) is 0 Å². The Morgan fingerprint density at radius 2 is 1.66 bits per heavy atom. The zero-order valence-corrected chi connectivity index (χ0v) is 20.1. The van der Waals surface area contributed by atoms with Gasteiger partial charge in [-0.15, -0.1) is 0 Å². The standard InChI is InChI=1S/C24H23FN6O3S/c1-32-18-10-15(11-19(33-2)22(18)34-3)28-21-13-26-17-8-9-20(29-23(17)30-21)31-24(35)27-12-14-6-4-5-7-16(14)25/h4-11,13H,12H2,1-3H3,(H3,27,28,29,30,31,35).